The van der Waals surface area contributed by atoms with Crippen LogP contribution in [0.1, 0.15) is 35.2 Å². The summed E-state index contributed by atoms with van der Waals surface area (Å²) >= 11 is 5.41. The van der Waals surface area contributed by atoms with Crippen molar-refractivity contribution < 1.29 is 23.9 Å². The minimum absolute atomic E-state index is 0.0894. The number of amidine groups is 1. The fourth-order valence-corrected chi connectivity index (χ4v) is 7.21. The second-order valence-electron chi connectivity index (χ2n) is 11.3. The lowest BCUT2D eigenvalue weighted by Crippen LogP contribution is -2.42. The van der Waals surface area contributed by atoms with Crippen LogP contribution in [0.15, 0.2) is 144 Å². The van der Waals surface area contributed by atoms with E-state index >= 15 is 0 Å². The molecule has 0 radical (unpaired) electrons. The highest BCUT2D eigenvalue weighted by Crippen LogP contribution is 2.36. The molecule has 264 valence electrons. The van der Waals surface area contributed by atoms with Crippen molar-refractivity contribution in [3.63, 3.8) is 0 Å². The fourth-order valence-electron chi connectivity index (χ4n) is 5.26. The Hall–Kier alpha value is -4.47. The van der Waals surface area contributed by atoms with Crippen LogP contribution in [0.5, 0.6) is 11.5 Å². The van der Waals surface area contributed by atoms with E-state index in [4.69, 9.17) is 9.47 Å². The monoisotopic (exact) mass is 935 g/mol. The van der Waals surface area contributed by atoms with Gasteiger partial charge in [-0.3, -0.25) is 19.3 Å². The van der Waals surface area contributed by atoms with Crippen molar-refractivity contribution in [3.05, 3.63) is 169 Å². The first kappa shape index (κ1) is 38.8. The normalized spacial score (nSPS) is 14.2. The molecular weight excluding hydrogens is 900 g/mol. The van der Waals surface area contributed by atoms with Gasteiger partial charge in [-0.25, -0.2) is 0 Å². The quantitative estimate of drug-likeness (QED) is 0.0623. The SMILES string of the molecule is C=C/C=C\C(=C/C)N1C(=O)/C(=C/c2cc(I)c(OCc3ccc(I)cc3)c(OC)c2)C(=O)N=C1SCC(=O)NC(c1ccccc1)c1ccccc1. The number of benzene rings is 4. The molecule has 1 N–H and O–H groups in total. The van der Waals surface area contributed by atoms with Gasteiger partial charge in [0, 0.05) is 9.27 Å². The number of ether oxygens (including phenoxy) is 2. The van der Waals surface area contributed by atoms with Crippen LogP contribution < -0.4 is 14.8 Å². The summed E-state index contributed by atoms with van der Waals surface area (Å²) in [6.07, 6.45) is 8.19. The molecule has 0 saturated heterocycles. The highest BCUT2D eigenvalue weighted by molar-refractivity contribution is 14.1. The number of carbonyl (C=O) groups excluding carboxylic acids is 3. The van der Waals surface area contributed by atoms with Gasteiger partial charge in [-0.15, -0.1) is 0 Å². The number of halogens is 2. The first-order valence-corrected chi connectivity index (χ1v) is 19.3. The lowest BCUT2D eigenvalue weighted by molar-refractivity contribution is -0.126. The third kappa shape index (κ3) is 9.89. The molecule has 0 aliphatic carbocycles. The van der Waals surface area contributed by atoms with Crippen molar-refractivity contribution in [2.24, 2.45) is 4.99 Å². The lowest BCUT2D eigenvalue weighted by Gasteiger charge is -2.28. The topological polar surface area (TPSA) is 97.3 Å². The number of carbonyl (C=O) groups is 3. The van der Waals surface area contributed by atoms with Crippen molar-refractivity contribution in [2.75, 3.05) is 12.9 Å². The van der Waals surface area contributed by atoms with E-state index in [1.54, 1.807) is 37.3 Å². The maximum Gasteiger partial charge on any atom is 0.285 e. The molecule has 5 rings (SSSR count). The standard InChI is InChI=1S/C41H35I2N3O5S/c1-4-6-17-32(5-2)46-40(49)33(22-28-23-34(43)38(35(24-28)50-3)51-25-27-18-20-31(42)21-19-27)39(48)45-41(46)52-26-36(47)44-37(29-13-9-7-10-14-29)30-15-11-8-12-16-30/h4-24,37H,1,25-26H2,2-3H3,(H,44,47)/b17-6-,32-5+,33-22+. The Kier molecular flexibility index (Phi) is 14.0. The summed E-state index contributed by atoms with van der Waals surface area (Å²) in [6, 6.07) is 30.5. The number of allylic oxidation sites excluding steroid dienone is 4. The van der Waals surface area contributed by atoms with Gasteiger partial charge < -0.3 is 14.8 Å². The number of nitrogens with one attached hydrogen (secondary N) is 1. The van der Waals surface area contributed by atoms with Gasteiger partial charge in [0.05, 0.1) is 22.5 Å². The lowest BCUT2D eigenvalue weighted by atomic mass is 9.99. The predicted octanol–water partition coefficient (Wildman–Crippen LogP) is 8.88. The summed E-state index contributed by atoms with van der Waals surface area (Å²) in [4.78, 5) is 46.8. The van der Waals surface area contributed by atoms with Crippen molar-refractivity contribution in [1.82, 2.24) is 10.2 Å². The average molecular weight is 936 g/mol. The highest BCUT2D eigenvalue weighted by Gasteiger charge is 2.35. The van der Waals surface area contributed by atoms with Gasteiger partial charge in [-0.2, -0.15) is 4.99 Å². The molecule has 4 aromatic carbocycles. The Labute approximate surface area is 335 Å². The molecule has 0 aromatic heterocycles. The van der Waals surface area contributed by atoms with E-state index in [0.717, 1.165) is 35.6 Å². The van der Waals surface area contributed by atoms with E-state index in [1.807, 2.05) is 91.0 Å². The number of methoxy groups -OCH3 is 1. The molecule has 0 fully saturated rings. The molecule has 4 aromatic rings. The summed E-state index contributed by atoms with van der Waals surface area (Å²) in [7, 11) is 1.54. The molecule has 11 heteroatoms. The zero-order valence-corrected chi connectivity index (χ0v) is 33.6. The number of rotatable bonds is 13. The Balaban J connectivity index is 1.41. The molecule has 0 unspecified atom stereocenters. The molecular formula is C41H35I2N3O5S. The van der Waals surface area contributed by atoms with Gasteiger partial charge in [0.25, 0.3) is 11.8 Å². The molecule has 8 nitrogen and oxygen atoms in total. The number of hydrogen-bond acceptors (Lipinski definition) is 6. The van der Waals surface area contributed by atoms with Gasteiger partial charge in [0.1, 0.15) is 12.2 Å². The molecule has 1 aliphatic rings. The van der Waals surface area contributed by atoms with Gasteiger partial charge >= 0.3 is 0 Å². The number of aliphatic imine (C=N–C) groups is 1. The molecule has 0 atom stereocenters. The van der Waals surface area contributed by atoms with Crippen LogP contribution in [0.25, 0.3) is 6.08 Å². The fraction of sp³-hybridized carbons (Fsp3) is 0.122. The summed E-state index contributed by atoms with van der Waals surface area (Å²) in [5.74, 6) is -0.673. The van der Waals surface area contributed by atoms with Crippen molar-refractivity contribution in [2.45, 2.75) is 19.6 Å². The van der Waals surface area contributed by atoms with Crippen LogP contribution in [0.3, 0.4) is 0 Å². The first-order chi connectivity index (χ1) is 25.2. The van der Waals surface area contributed by atoms with E-state index in [2.05, 4.69) is 62.1 Å². The average Bonchev–Trinajstić information content (AvgIpc) is 3.16. The number of amides is 3. The van der Waals surface area contributed by atoms with Crippen LogP contribution in [-0.2, 0) is 21.0 Å². The largest absolute Gasteiger partial charge is 0.493 e. The summed E-state index contributed by atoms with van der Waals surface area (Å²) in [5, 5.41) is 3.20. The van der Waals surface area contributed by atoms with Crippen LogP contribution in [0, 0.1) is 7.14 Å². The second kappa shape index (κ2) is 18.9. The Morgan fingerprint density at radius 3 is 2.23 bits per heavy atom. The van der Waals surface area contributed by atoms with Gasteiger partial charge in [-0.1, -0.05) is 109 Å². The van der Waals surface area contributed by atoms with Crippen molar-refractivity contribution >= 4 is 85.9 Å². The molecule has 3 amide bonds. The third-order valence-electron chi connectivity index (χ3n) is 7.77. The van der Waals surface area contributed by atoms with E-state index in [0.29, 0.717) is 29.4 Å². The van der Waals surface area contributed by atoms with Gasteiger partial charge in [-0.05, 0) is 111 Å². The molecule has 0 spiro atoms. The maximum atomic E-state index is 14.2. The minimum atomic E-state index is -0.716. The predicted molar refractivity (Wildman–Crippen MR) is 225 cm³/mol. The Morgan fingerprint density at radius 2 is 1.63 bits per heavy atom. The molecule has 1 heterocycles. The van der Waals surface area contributed by atoms with Crippen LogP contribution in [0.4, 0.5) is 0 Å². The van der Waals surface area contributed by atoms with E-state index in [-0.39, 0.29) is 22.4 Å². The van der Waals surface area contributed by atoms with E-state index in [9.17, 15) is 14.4 Å². The van der Waals surface area contributed by atoms with Crippen molar-refractivity contribution in [3.8, 4) is 11.5 Å². The molecule has 52 heavy (non-hydrogen) atoms. The number of hydrogen-bond donors (Lipinski definition) is 1. The van der Waals surface area contributed by atoms with Crippen LogP contribution >= 0.6 is 56.9 Å². The number of nitrogens with zero attached hydrogens (tertiary/aromatic N) is 2. The smallest absolute Gasteiger partial charge is 0.285 e. The summed E-state index contributed by atoms with van der Waals surface area (Å²) < 4.78 is 13.7. The van der Waals surface area contributed by atoms with Gasteiger partial charge in [0.2, 0.25) is 5.91 Å². The summed E-state index contributed by atoms with van der Waals surface area (Å²) in [5.41, 5.74) is 3.73. The molecule has 0 bridgehead atoms. The second-order valence-corrected chi connectivity index (χ2v) is 14.6. The van der Waals surface area contributed by atoms with Crippen LogP contribution in [-0.4, -0.2) is 40.7 Å². The summed E-state index contributed by atoms with van der Waals surface area (Å²) in [6.45, 7) is 5.86. The number of thioether (sulfide) groups is 1. The van der Waals surface area contributed by atoms with E-state index in [1.165, 1.54) is 18.1 Å². The molecule has 0 saturated carbocycles. The zero-order chi connectivity index (χ0) is 37.0. The van der Waals surface area contributed by atoms with E-state index < -0.39 is 17.9 Å². The Morgan fingerprint density at radius 1 is 0.981 bits per heavy atom. The maximum absolute atomic E-state index is 14.2. The van der Waals surface area contributed by atoms with Crippen molar-refractivity contribution in [1.29, 1.82) is 0 Å². The molecule has 1 aliphatic heterocycles. The van der Waals surface area contributed by atoms with Gasteiger partial charge in [0.15, 0.2) is 16.7 Å². The first-order valence-electron chi connectivity index (χ1n) is 16.1. The minimum Gasteiger partial charge on any atom is -0.493 e. The highest BCUT2D eigenvalue weighted by atomic mass is 127. The van der Waals surface area contributed by atoms with Crippen LogP contribution in [0.2, 0.25) is 0 Å². The Bertz CT molecular complexity index is 2020. The third-order valence-corrected chi connectivity index (χ3v) is 10.2. The zero-order valence-electron chi connectivity index (χ0n) is 28.4.